The van der Waals surface area contributed by atoms with Gasteiger partial charge >= 0.3 is 6.18 Å². The highest BCUT2D eigenvalue weighted by Crippen LogP contribution is 2.37. The monoisotopic (exact) mass is 313 g/mol. The fraction of sp³-hybridized carbons (Fsp3) is 0.917. The minimum atomic E-state index is -4.46. The van der Waals surface area contributed by atoms with Crippen LogP contribution in [0.4, 0.5) is 13.2 Å². The van der Waals surface area contributed by atoms with Crippen molar-refractivity contribution in [2.24, 2.45) is 11.8 Å². The molecule has 8 heteroatoms. The van der Waals surface area contributed by atoms with Gasteiger partial charge in [0.15, 0.2) is 9.84 Å². The molecule has 1 aliphatic heterocycles. The smallest absolute Gasteiger partial charge is 0.330 e. The van der Waals surface area contributed by atoms with Crippen LogP contribution in [0.15, 0.2) is 0 Å². The Morgan fingerprint density at radius 2 is 1.90 bits per heavy atom. The first-order valence-electron chi connectivity index (χ1n) is 6.67. The largest absolute Gasteiger partial charge is 0.406 e. The zero-order valence-corrected chi connectivity index (χ0v) is 12.0. The number of halogens is 3. The van der Waals surface area contributed by atoms with E-state index in [0.717, 1.165) is 17.7 Å². The summed E-state index contributed by atoms with van der Waals surface area (Å²) < 4.78 is 60.7. The minimum Gasteiger partial charge on any atom is -0.330 e. The molecule has 0 aromatic rings. The minimum absolute atomic E-state index is 0.110. The van der Waals surface area contributed by atoms with Crippen LogP contribution in [-0.2, 0) is 14.6 Å². The highest BCUT2D eigenvalue weighted by molar-refractivity contribution is 7.91. The van der Waals surface area contributed by atoms with E-state index in [4.69, 9.17) is 0 Å². The predicted octanol–water partition coefficient (Wildman–Crippen LogP) is 1.61. The first kappa shape index (κ1) is 15.6. The summed E-state index contributed by atoms with van der Waals surface area (Å²) >= 11 is 0. The second kappa shape index (κ2) is 5.20. The number of nitrogens with zero attached hydrogens (tertiary/aromatic N) is 1. The Kier molecular flexibility index (Phi) is 4.05. The van der Waals surface area contributed by atoms with E-state index in [1.807, 2.05) is 0 Å². The molecule has 1 saturated carbocycles. The van der Waals surface area contributed by atoms with Crippen LogP contribution in [0, 0.1) is 11.8 Å². The van der Waals surface area contributed by atoms with Crippen molar-refractivity contribution in [1.29, 1.82) is 0 Å². The number of amides is 1. The molecule has 1 aliphatic carbocycles. The maximum Gasteiger partial charge on any atom is 0.406 e. The zero-order valence-electron chi connectivity index (χ0n) is 11.2. The van der Waals surface area contributed by atoms with Crippen LogP contribution in [0.3, 0.4) is 0 Å². The van der Waals surface area contributed by atoms with Crippen molar-refractivity contribution in [1.82, 2.24) is 4.90 Å². The van der Waals surface area contributed by atoms with Crippen LogP contribution in [0.2, 0.25) is 0 Å². The van der Waals surface area contributed by atoms with Gasteiger partial charge in [-0.1, -0.05) is 0 Å². The molecule has 1 amide bonds. The number of rotatable bonds is 4. The Labute approximate surface area is 116 Å². The third-order valence-corrected chi connectivity index (χ3v) is 5.78. The maximum atomic E-state index is 12.6. The lowest BCUT2D eigenvalue weighted by Gasteiger charge is -2.32. The highest BCUT2D eigenvalue weighted by Gasteiger charge is 2.44. The Bertz CT molecular complexity index is 485. The first-order chi connectivity index (χ1) is 9.09. The molecule has 116 valence electrons. The van der Waals surface area contributed by atoms with Crippen LogP contribution < -0.4 is 0 Å². The van der Waals surface area contributed by atoms with Crippen LogP contribution in [-0.4, -0.2) is 49.5 Å². The van der Waals surface area contributed by atoms with E-state index in [1.165, 1.54) is 0 Å². The molecule has 4 nitrogen and oxygen atoms in total. The van der Waals surface area contributed by atoms with Gasteiger partial charge in [-0.2, -0.15) is 13.2 Å². The topological polar surface area (TPSA) is 54.5 Å². The quantitative estimate of drug-likeness (QED) is 0.792. The number of hydrogen-bond donors (Lipinski definition) is 0. The van der Waals surface area contributed by atoms with Crippen molar-refractivity contribution in [3.63, 3.8) is 0 Å². The van der Waals surface area contributed by atoms with Crippen LogP contribution in [0.1, 0.15) is 26.2 Å². The zero-order chi connectivity index (χ0) is 15.1. The maximum absolute atomic E-state index is 12.6. The second-order valence-corrected chi connectivity index (χ2v) is 7.99. The summed E-state index contributed by atoms with van der Waals surface area (Å²) in [5, 5.41) is 0. The van der Waals surface area contributed by atoms with Gasteiger partial charge in [-0.05, 0) is 32.1 Å². The summed E-state index contributed by atoms with van der Waals surface area (Å²) in [4.78, 5) is 13.1. The van der Waals surface area contributed by atoms with E-state index in [0.29, 0.717) is 0 Å². The Balaban J connectivity index is 2.11. The van der Waals surface area contributed by atoms with Gasteiger partial charge in [0.25, 0.3) is 0 Å². The summed E-state index contributed by atoms with van der Waals surface area (Å²) in [6, 6.07) is -0.479. The summed E-state index contributed by atoms with van der Waals surface area (Å²) in [7, 11) is -3.28. The average molecular weight is 313 g/mol. The molecule has 0 unspecified atom stereocenters. The van der Waals surface area contributed by atoms with Crippen LogP contribution >= 0.6 is 0 Å². The van der Waals surface area contributed by atoms with Crippen molar-refractivity contribution in [3.8, 4) is 0 Å². The average Bonchev–Trinajstić information content (AvgIpc) is 3.08. The molecule has 1 heterocycles. The number of carbonyl (C=O) groups is 1. The van der Waals surface area contributed by atoms with E-state index in [-0.39, 0.29) is 23.8 Å². The van der Waals surface area contributed by atoms with Gasteiger partial charge in [0.1, 0.15) is 6.54 Å². The number of alkyl halides is 3. The molecule has 20 heavy (non-hydrogen) atoms. The Hall–Kier alpha value is -0.790. The number of carbonyl (C=O) groups excluding carboxylic acids is 1. The van der Waals surface area contributed by atoms with Gasteiger partial charge in [-0.3, -0.25) is 4.79 Å². The number of hydrogen-bond acceptors (Lipinski definition) is 3. The van der Waals surface area contributed by atoms with Gasteiger partial charge in [0.05, 0.1) is 17.4 Å². The van der Waals surface area contributed by atoms with E-state index >= 15 is 0 Å². The fourth-order valence-corrected chi connectivity index (χ4v) is 4.41. The van der Waals surface area contributed by atoms with Crippen LogP contribution in [0.5, 0.6) is 0 Å². The molecule has 0 N–H and O–H groups in total. The molecule has 2 rings (SSSR count). The molecule has 2 fully saturated rings. The molecule has 2 aliphatic rings. The second-order valence-electron chi connectivity index (χ2n) is 5.76. The molecule has 0 bridgehead atoms. The lowest BCUT2D eigenvalue weighted by Crippen LogP contribution is -2.48. The van der Waals surface area contributed by atoms with E-state index in [1.54, 1.807) is 6.92 Å². The molecule has 0 radical (unpaired) electrons. The van der Waals surface area contributed by atoms with E-state index in [2.05, 4.69) is 0 Å². The summed E-state index contributed by atoms with van der Waals surface area (Å²) in [5.74, 6) is -1.80. The van der Waals surface area contributed by atoms with Gasteiger partial charge in [-0.15, -0.1) is 0 Å². The third kappa shape index (κ3) is 3.86. The van der Waals surface area contributed by atoms with Gasteiger partial charge in [0, 0.05) is 6.04 Å². The van der Waals surface area contributed by atoms with Crippen LogP contribution in [0.25, 0.3) is 0 Å². The summed E-state index contributed by atoms with van der Waals surface area (Å²) in [5.41, 5.74) is 0. The molecule has 0 aromatic heterocycles. The summed E-state index contributed by atoms with van der Waals surface area (Å²) in [6.45, 7) is 0.324. The molecule has 0 spiro atoms. The van der Waals surface area contributed by atoms with Crippen molar-refractivity contribution in [2.75, 3.05) is 18.1 Å². The van der Waals surface area contributed by atoms with Gasteiger partial charge < -0.3 is 4.90 Å². The SMILES string of the molecule is C[C@@H](C1CC1)N(CC(F)(F)F)C(=O)[C@@H]1CCS(=O)(=O)C1. The lowest BCUT2D eigenvalue weighted by atomic mass is 10.0. The normalized spacial score (nSPS) is 27.3. The van der Waals surface area contributed by atoms with E-state index < -0.39 is 40.4 Å². The highest BCUT2D eigenvalue weighted by atomic mass is 32.2. The van der Waals surface area contributed by atoms with Crippen molar-refractivity contribution in [3.05, 3.63) is 0 Å². The Morgan fingerprint density at radius 1 is 1.30 bits per heavy atom. The molecular weight excluding hydrogens is 295 g/mol. The fourth-order valence-electron chi connectivity index (χ4n) is 2.67. The Morgan fingerprint density at radius 3 is 2.30 bits per heavy atom. The predicted molar refractivity (Wildman–Crippen MR) is 66.7 cm³/mol. The molecular formula is C12H18F3NO3S. The van der Waals surface area contributed by atoms with Crippen molar-refractivity contribution in [2.45, 2.75) is 38.4 Å². The first-order valence-corrected chi connectivity index (χ1v) is 8.49. The molecule has 1 saturated heterocycles. The third-order valence-electron chi connectivity index (χ3n) is 4.01. The summed E-state index contributed by atoms with van der Waals surface area (Å²) in [6.07, 6.45) is -2.68. The van der Waals surface area contributed by atoms with Crippen molar-refractivity contribution < 1.29 is 26.4 Å². The van der Waals surface area contributed by atoms with E-state index in [9.17, 15) is 26.4 Å². The molecule has 2 atom stereocenters. The lowest BCUT2D eigenvalue weighted by molar-refractivity contribution is -0.168. The standard InChI is InChI=1S/C12H18F3NO3S/c1-8(9-2-3-9)16(7-12(13,14)15)11(17)10-4-5-20(18,19)6-10/h8-10H,2-7H2,1H3/t8-,10+/m0/s1. The molecule has 0 aromatic carbocycles. The van der Waals surface area contributed by atoms with Gasteiger partial charge in [0.2, 0.25) is 5.91 Å². The van der Waals surface area contributed by atoms with Crippen molar-refractivity contribution >= 4 is 15.7 Å². The number of sulfone groups is 1. The van der Waals surface area contributed by atoms with Gasteiger partial charge in [-0.25, -0.2) is 8.42 Å².